The molecule has 0 saturated carbocycles. The molecule has 0 radical (unpaired) electrons. The Labute approximate surface area is 158 Å². The Morgan fingerprint density at radius 1 is 0.480 bits per heavy atom. The molecule has 0 aliphatic heterocycles. The highest BCUT2D eigenvalue weighted by molar-refractivity contribution is 7.50. The van der Waals surface area contributed by atoms with Crippen LogP contribution >= 0.6 is 7.53 Å². The predicted octanol–water partition coefficient (Wildman–Crippen LogP) is 8.35. The first kappa shape index (κ1) is 19.5. The van der Waals surface area contributed by atoms with E-state index in [0.717, 1.165) is 0 Å². The van der Waals surface area contributed by atoms with E-state index in [2.05, 4.69) is 6.92 Å². The lowest BCUT2D eigenvalue weighted by Gasteiger charge is -2.10. The number of fused-ring (bicyclic) bond motifs is 3. The first-order valence-electron chi connectivity index (χ1n) is 11.6. The quantitative estimate of drug-likeness (QED) is 0.472. The minimum atomic E-state index is 0.0854. The molecule has 0 N–H and O–H groups in total. The summed E-state index contributed by atoms with van der Waals surface area (Å²) in [5.74, 6) is 0. The fraction of sp³-hybridized carbons (Fsp3) is 0.833. The SMILES string of the molecule is CCp1c2c(c3c1CCCCCCCCC3)CCCCCCCCC2. The van der Waals surface area contributed by atoms with Crippen LogP contribution in [0.1, 0.15) is 119 Å². The molecule has 0 unspecified atom stereocenters. The summed E-state index contributed by atoms with van der Waals surface area (Å²) in [6.45, 7) is 2.49. The van der Waals surface area contributed by atoms with Gasteiger partial charge in [-0.2, -0.15) is 0 Å². The smallest absolute Gasteiger partial charge is 0.0164 e. The van der Waals surface area contributed by atoms with E-state index < -0.39 is 0 Å². The zero-order chi connectivity index (χ0) is 17.3. The average Bonchev–Trinajstić information content (AvgIpc) is 2.85. The molecule has 2 aliphatic rings. The summed E-state index contributed by atoms with van der Waals surface area (Å²) in [6, 6.07) is 0. The van der Waals surface area contributed by atoms with Crippen molar-refractivity contribution in [2.75, 3.05) is 0 Å². The van der Waals surface area contributed by atoms with Crippen molar-refractivity contribution in [3.8, 4) is 0 Å². The van der Waals surface area contributed by atoms with Crippen LogP contribution in [0.5, 0.6) is 0 Å². The van der Waals surface area contributed by atoms with E-state index in [-0.39, 0.29) is 7.53 Å². The summed E-state index contributed by atoms with van der Waals surface area (Å²) >= 11 is 0. The molecule has 142 valence electrons. The first-order chi connectivity index (χ1) is 12.4. The molecule has 0 amide bonds. The maximum absolute atomic E-state index is 2.49. The fourth-order valence-electron chi connectivity index (χ4n) is 5.34. The maximum atomic E-state index is 2.49. The summed E-state index contributed by atoms with van der Waals surface area (Å²) in [6.07, 6.45) is 27.9. The molecule has 0 aromatic carbocycles. The van der Waals surface area contributed by atoms with Crippen LogP contribution in [0.15, 0.2) is 0 Å². The maximum Gasteiger partial charge on any atom is -0.0164 e. The van der Waals surface area contributed by atoms with Crippen LogP contribution in [-0.2, 0) is 31.8 Å². The molecule has 2 aliphatic carbocycles. The lowest BCUT2D eigenvalue weighted by atomic mass is 9.95. The van der Waals surface area contributed by atoms with Crippen LogP contribution < -0.4 is 0 Å². The Morgan fingerprint density at radius 2 is 0.800 bits per heavy atom. The lowest BCUT2D eigenvalue weighted by Crippen LogP contribution is -1.98. The van der Waals surface area contributed by atoms with Crippen molar-refractivity contribution in [3.05, 3.63) is 21.7 Å². The summed E-state index contributed by atoms with van der Waals surface area (Å²) in [5.41, 5.74) is 3.84. The van der Waals surface area contributed by atoms with Crippen LogP contribution in [0.25, 0.3) is 0 Å². The van der Waals surface area contributed by atoms with Crippen molar-refractivity contribution in [3.63, 3.8) is 0 Å². The molecule has 1 heteroatoms. The van der Waals surface area contributed by atoms with Gasteiger partial charge in [-0.1, -0.05) is 71.1 Å². The van der Waals surface area contributed by atoms with E-state index in [1.165, 1.54) is 122 Å². The zero-order valence-electron chi connectivity index (χ0n) is 16.9. The number of hydrogen-bond acceptors (Lipinski definition) is 0. The van der Waals surface area contributed by atoms with Gasteiger partial charge in [0, 0.05) is 0 Å². The van der Waals surface area contributed by atoms with Crippen LogP contribution in [0.2, 0.25) is 0 Å². The van der Waals surface area contributed by atoms with Gasteiger partial charge in [0.05, 0.1) is 0 Å². The van der Waals surface area contributed by atoms with Gasteiger partial charge in [0.25, 0.3) is 0 Å². The minimum absolute atomic E-state index is 0.0854. The second-order valence-corrected chi connectivity index (χ2v) is 11.1. The second-order valence-electron chi connectivity index (χ2n) is 8.54. The average molecular weight is 361 g/mol. The van der Waals surface area contributed by atoms with Crippen molar-refractivity contribution in [2.24, 2.45) is 0 Å². The highest BCUT2D eigenvalue weighted by Gasteiger charge is 2.22. The summed E-state index contributed by atoms with van der Waals surface area (Å²) in [5, 5.41) is 3.97. The van der Waals surface area contributed by atoms with Crippen LogP contribution in [-0.4, -0.2) is 0 Å². The van der Waals surface area contributed by atoms with Gasteiger partial charge in [-0.3, -0.25) is 0 Å². The number of hydrogen-bond donors (Lipinski definition) is 0. The van der Waals surface area contributed by atoms with Gasteiger partial charge in [0.2, 0.25) is 0 Å². The molecule has 1 aromatic rings. The molecule has 0 bridgehead atoms. The van der Waals surface area contributed by atoms with E-state index in [4.69, 9.17) is 0 Å². The molecule has 1 aromatic heterocycles. The lowest BCUT2D eigenvalue weighted by molar-refractivity contribution is 0.585. The number of rotatable bonds is 1. The molecule has 3 rings (SSSR count). The second kappa shape index (κ2) is 10.8. The predicted molar refractivity (Wildman–Crippen MR) is 114 cm³/mol. The van der Waals surface area contributed by atoms with Gasteiger partial charge in [-0.15, -0.1) is 7.53 Å². The van der Waals surface area contributed by atoms with Gasteiger partial charge >= 0.3 is 0 Å². The molecule has 25 heavy (non-hydrogen) atoms. The van der Waals surface area contributed by atoms with E-state index in [0.29, 0.717) is 0 Å². The molecular formula is C24H41P. The van der Waals surface area contributed by atoms with Gasteiger partial charge in [-0.05, 0) is 79.2 Å². The van der Waals surface area contributed by atoms with Crippen molar-refractivity contribution in [1.82, 2.24) is 0 Å². The summed E-state index contributed by atoms with van der Waals surface area (Å²) in [7, 11) is 0.0854. The Hall–Kier alpha value is -0.220. The molecule has 0 spiro atoms. The molecule has 1 heterocycles. The normalized spacial score (nSPS) is 21.5. The third kappa shape index (κ3) is 5.38. The van der Waals surface area contributed by atoms with Gasteiger partial charge in [0.15, 0.2) is 0 Å². The summed E-state index contributed by atoms with van der Waals surface area (Å²) < 4.78 is 0. The molecule has 0 nitrogen and oxygen atoms in total. The largest absolute Gasteiger partial charge is 0.118 e. The standard InChI is InChI=1S/C24H41P/c1-2-25-23-19-15-11-7-3-5-9-13-17-21(23)22-18-14-10-6-4-8-12-16-20-24(22)25/h2-20H2,1H3. The van der Waals surface area contributed by atoms with E-state index in [1.807, 2.05) is 21.7 Å². The Balaban J connectivity index is 1.91. The van der Waals surface area contributed by atoms with Crippen molar-refractivity contribution in [1.29, 1.82) is 0 Å². The topological polar surface area (TPSA) is 0 Å². The van der Waals surface area contributed by atoms with Gasteiger partial charge in [0.1, 0.15) is 0 Å². The van der Waals surface area contributed by atoms with Crippen molar-refractivity contribution < 1.29 is 0 Å². The van der Waals surface area contributed by atoms with E-state index in [9.17, 15) is 0 Å². The zero-order valence-corrected chi connectivity index (χ0v) is 17.8. The minimum Gasteiger partial charge on any atom is -0.118 e. The fourth-order valence-corrected chi connectivity index (χ4v) is 8.43. The Morgan fingerprint density at radius 3 is 1.16 bits per heavy atom. The summed E-state index contributed by atoms with van der Waals surface area (Å²) in [4.78, 5) is 0. The first-order valence-corrected chi connectivity index (χ1v) is 13.2. The van der Waals surface area contributed by atoms with Gasteiger partial charge < -0.3 is 0 Å². The van der Waals surface area contributed by atoms with Crippen molar-refractivity contribution >= 4 is 7.53 Å². The van der Waals surface area contributed by atoms with Crippen molar-refractivity contribution in [2.45, 2.75) is 129 Å². The van der Waals surface area contributed by atoms with E-state index in [1.54, 1.807) is 0 Å². The van der Waals surface area contributed by atoms with Crippen LogP contribution in [0.4, 0.5) is 0 Å². The van der Waals surface area contributed by atoms with Crippen LogP contribution in [0.3, 0.4) is 0 Å². The third-order valence-corrected chi connectivity index (χ3v) is 9.63. The molecular weight excluding hydrogens is 319 g/mol. The van der Waals surface area contributed by atoms with E-state index >= 15 is 0 Å². The highest BCUT2D eigenvalue weighted by Crippen LogP contribution is 2.49. The molecule has 0 fully saturated rings. The van der Waals surface area contributed by atoms with Gasteiger partial charge in [-0.25, -0.2) is 0 Å². The molecule has 0 saturated heterocycles. The highest BCUT2D eigenvalue weighted by atomic mass is 31.1. The Bertz CT molecular complexity index is 467. The van der Waals surface area contributed by atoms with Crippen LogP contribution in [0, 0.1) is 0 Å². The Kier molecular flexibility index (Phi) is 8.45. The third-order valence-electron chi connectivity index (χ3n) is 6.71. The monoisotopic (exact) mass is 360 g/mol. The molecule has 0 atom stereocenters.